The van der Waals surface area contributed by atoms with Gasteiger partial charge in [-0.25, -0.2) is 0 Å². The first-order valence-electron chi connectivity index (χ1n) is 6.43. The Morgan fingerprint density at radius 2 is 2.05 bits per heavy atom. The molecule has 21 heavy (non-hydrogen) atoms. The number of nitro benzene ring substituents is 1. The van der Waals surface area contributed by atoms with E-state index in [0.717, 1.165) is 12.8 Å². The van der Waals surface area contributed by atoms with E-state index in [2.05, 4.69) is 0 Å². The number of benzene rings is 1. The lowest BCUT2D eigenvalue weighted by atomic mass is 10.0. The van der Waals surface area contributed by atoms with Crippen molar-refractivity contribution in [1.82, 2.24) is 4.90 Å². The Balaban J connectivity index is 0.00000220. The summed E-state index contributed by atoms with van der Waals surface area (Å²) in [4.78, 5) is 24.0. The fourth-order valence-electron chi connectivity index (χ4n) is 2.22. The zero-order chi connectivity index (χ0) is 14.7. The minimum Gasteiger partial charge on any atom is -0.342 e. The average molecular weight is 334 g/mol. The molecule has 2 N–H and O–H groups in total. The molecule has 1 fully saturated rings. The van der Waals surface area contributed by atoms with Crippen LogP contribution >= 0.6 is 24.0 Å². The van der Waals surface area contributed by atoms with Crippen molar-refractivity contribution in [3.63, 3.8) is 0 Å². The van der Waals surface area contributed by atoms with E-state index >= 15 is 0 Å². The van der Waals surface area contributed by atoms with Gasteiger partial charge in [-0.1, -0.05) is 17.7 Å². The maximum absolute atomic E-state index is 12.1. The Morgan fingerprint density at radius 3 is 2.57 bits per heavy atom. The van der Waals surface area contributed by atoms with Crippen LogP contribution in [-0.4, -0.2) is 34.9 Å². The summed E-state index contributed by atoms with van der Waals surface area (Å²) >= 11 is 5.98. The van der Waals surface area contributed by atoms with Gasteiger partial charge in [0.1, 0.15) is 0 Å². The summed E-state index contributed by atoms with van der Waals surface area (Å²) < 4.78 is 0. The van der Waals surface area contributed by atoms with E-state index in [1.54, 1.807) is 4.90 Å². The third-order valence-electron chi connectivity index (χ3n) is 3.48. The first-order chi connectivity index (χ1) is 9.47. The number of hydrogen-bond donors (Lipinski definition) is 1. The van der Waals surface area contributed by atoms with E-state index in [-0.39, 0.29) is 41.5 Å². The van der Waals surface area contributed by atoms with Crippen LogP contribution in [0.5, 0.6) is 0 Å². The molecule has 0 radical (unpaired) electrons. The number of nitrogens with zero attached hydrogens (tertiary/aromatic N) is 2. The fraction of sp³-hybridized carbons (Fsp3) is 0.462. The van der Waals surface area contributed by atoms with E-state index in [1.165, 1.54) is 18.2 Å². The van der Waals surface area contributed by atoms with Gasteiger partial charge in [0.05, 0.1) is 16.4 Å². The van der Waals surface area contributed by atoms with E-state index in [1.807, 2.05) is 0 Å². The molecule has 0 atom stereocenters. The Kier molecular flexibility index (Phi) is 6.39. The van der Waals surface area contributed by atoms with Crippen molar-refractivity contribution < 1.29 is 9.72 Å². The Bertz CT molecular complexity index is 531. The van der Waals surface area contributed by atoms with Crippen LogP contribution in [0.4, 0.5) is 5.69 Å². The lowest BCUT2D eigenvalue weighted by Crippen LogP contribution is -2.43. The van der Waals surface area contributed by atoms with E-state index in [0.29, 0.717) is 18.7 Å². The number of amides is 1. The molecule has 1 aromatic rings. The number of nitrogens with two attached hydrogens (primary N) is 1. The molecule has 116 valence electrons. The molecular weight excluding hydrogens is 317 g/mol. The van der Waals surface area contributed by atoms with Gasteiger partial charge in [0.2, 0.25) is 5.91 Å². The van der Waals surface area contributed by atoms with Crippen LogP contribution in [0.3, 0.4) is 0 Å². The van der Waals surface area contributed by atoms with Gasteiger partial charge in [0.25, 0.3) is 5.69 Å². The first-order valence-corrected chi connectivity index (χ1v) is 6.81. The standard InChI is InChI=1S/C13H16ClN3O3.ClH/c14-12-8-11(17(19)20)2-1-9(12)7-13(18)16-5-3-10(15)4-6-16;/h1-2,8,10H,3-7,15H2;1H. The molecule has 0 spiro atoms. The maximum Gasteiger partial charge on any atom is 0.270 e. The number of piperidine rings is 1. The molecule has 1 aliphatic heterocycles. The lowest BCUT2D eigenvalue weighted by Gasteiger charge is -2.30. The first kappa shape index (κ1) is 17.7. The number of non-ortho nitro benzene ring substituents is 1. The molecule has 1 aromatic carbocycles. The van der Waals surface area contributed by atoms with Gasteiger partial charge in [0, 0.05) is 31.3 Å². The lowest BCUT2D eigenvalue weighted by molar-refractivity contribution is -0.384. The molecule has 1 saturated heterocycles. The molecule has 8 heteroatoms. The summed E-state index contributed by atoms with van der Waals surface area (Å²) in [7, 11) is 0. The number of carbonyl (C=O) groups is 1. The average Bonchev–Trinajstić information content (AvgIpc) is 2.41. The van der Waals surface area contributed by atoms with Crippen molar-refractivity contribution in [3.8, 4) is 0 Å². The van der Waals surface area contributed by atoms with Crippen molar-refractivity contribution in [2.75, 3.05) is 13.1 Å². The van der Waals surface area contributed by atoms with Crippen LogP contribution in [0.25, 0.3) is 0 Å². The summed E-state index contributed by atoms with van der Waals surface area (Å²) in [5.41, 5.74) is 6.33. The topological polar surface area (TPSA) is 89.5 Å². The minimum absolute atomic E-state index is 0. The number of halogens is 2. The quantitative estimate of drug-likeness (QED) is 0.677. The number of hydrogen-bond acceptors (Lipinski definition) is 4. The highest BCUT2D eigenvalue weighted by Gasteiger charge is 2.21. The summed E-state index contributed by atoms with van der Waals surface area (Å²) in [6, 6.07) is 4.34. The predicted octanol–water partition coefficient (Wildman–Crippen LogP) is 2.16. The van der Waals surface area contributed by atoms with E-state index in [9.17, 15) is 14.9 Å². The van der Waals surface area contributed by atoms with E-state index in [4.69, 9.17) is 17.3 Å². The molecule has 0 unspecified atom stereocenters. The van der Waals surface area contributed by atoms with Gasteiger partial charge in [-0.2, -0.15) is 0 Å². The fourth-order valence-corrected chi connectivity index (χ4v) is 2.46. The summed E-state index contributed by atoms with van der Waals surface area (Å²) in [6.07, 6.45) is 1.77. The summed E-state index contributed by atoms with van der Waals surface area (Å²) in [6.45, 7) is 1.31. The summed E-state index contributed by atoms with van der Waals surface area (Å²) in [5.74, 6) is -0.0207. The maximum atomic E-state index is 12.1. The molecule has 1 amide bonds. The van der Waals surface area contributed by atoms with Crippen molar-refractivity contribution in [2.45, 2.75) is 25.3 Å². The largest absolute Gasteiger partial charge is 0.342 e. The van der Waals surface area contributed by atoms with Crippen molar-refractivity contribution in [2.24, 2.45) is 5.73 Å². The smallest absolute Gasteiger partial charge is 0.270 e. The number of carbonyl (C=O) groups excluding carboxylic acids is 1. The number of rotatable bonds is 3. The molecule has 0 aliphatic carbocycles. The van der Waals surface area contributed by atoms with Crippen LogP contribution < -0.4 is 5.73 Å². The zero-order valence-electron chi connectivity index (χ0n) is 11.3. The zero-order valence-corrected chi connectivity index (χ0v) is 12.9. The van der Waals surface area contributed by atoms with Gasteiger partial charge >= 0.3 is 0 Å². The predicted molar refractivity (Wildman–Crippen MR) is 82.8 cm³/mol. The highest BCUT2D eigenvalue weighted by Crippen LogP contribution is 2.23. The Hall–Kier alpha value is -1.37. The minimum atomic E-state index is -0.510. The van der Waals surface area contributed by atoms with Gasteiger partial charge in [0.15, 0.2) is 0 Å². The third-order valence-corrected chi connectivity index (χ3v) is 3.83. The van der Waals surface area contributed by atoms with Gasteiger partial charge in [-0.3, -0.25) is 14.9 Å². The monoisotopic (exact) mass is 333 g/mol. The highest BCUT2D eigenvalue weighted by atomic mass is 35.5. The molecule has 0 bridgehead atoms. The van der Waals surface area contributed by atoms with Crippen LogP contribution in [0, 0.1) is 10.1 Å². The normalized spacial score (nSPS) is 15.4. The second-order valence-electron chi connectivity index (χ2n) is 4.93. The second kappa shape index (κ2) is 7.59. The van der Waals surface area contributed by atoms with Gasteiger partial charge in [-0.05, 0) is 18.4 Å². The van der Waals surface area contributed by atoms with Crippen molar-refractivity contribution in [1.29, 1.82) is 0 Å². The number of likely N-dealkylation sites (tertiary alicyclic amines) is 1. The summed E-state index contributed by atoms with van der Waals surface area (Å²) in [5, 5.41) is 10.9. The molecule has 0 saturated carbocycles. The Labute approximate surface area is 133 Å². The van der Waals surface area contributed by atoms with E-state index < -0.39 is 4.92 Å². The van der Waals surface area contributed by atoms with Crippen molar-refractivity contribution >= 4 is 35.6 Å². The third kappa shape index (κ3) is 4.56. The van der Waals surface area contributed by atoms with Crippen LogP contribution in [0.15, 0.2) is 18.2 Å². The molecule has 1 heterocycles. The number of nitro groups is 1. The van der Waals surface area contributed by atoms with Gasteiger partial charge in [-0.15, -0.1) is 12.4 Å². The van der Waals surface area contributed by atoms with Crippen LogP contribution in [0.1, 0.15) is 18.4 Å². The molecular formula is C13H17Cl2N3O3. The molecule has 1 aliphatic rings. The van der Waals surface area contributed by atoms with Crippen molar-refractivity contribution in [3.05, 3.63) is 38.9 Å². The second-order valence-corrected chi connectivity index (χ2v) is 5.34. The molecule has 0 aromatic heterocycles. The molecule has 2 rings (SSSR count). The van der Waals surface area contributed by atoms with Crippen LogP contribution in [-0.2, 0) is 11.2 Å². The SMILES string of the molecule is Cl.NC1CCN(C(=O)Cc2ccc([N+](=O)[O-])cc2Cl)CC1. The van der Waals surface area contributed by atoms with Gasteiger partial charge < -0.3 is 10.6 Å². The Morgan fingerprint density at radius 1 is 1.43 bits per heavy atom. The highest BCUT2D eigenvalue weighted by molar-refractivity contribution is 6.31. The van der Waals surface area contributed by atoms with Crippen LogP contribution in [0.2, 0.25) is 5.02 Å². The molecule has 6 nitrogen and oxygen atoms in total.